The van der Waals surface area contributed by atoms with E-state index in [1.54, 1.807) is 6.92 Å². The Morgan fingerprint density at radius 2 is 2.13 bits per heavy atom. The molecule has 4 atom stereocenters. The third-order valence-electron chi connectivity index (χ3n) is 3.45. The van der Waals surface area contributed by atoms with E-state index in [0.29, 0.717) is 12.0 Å². The molecule has 0 amide bonds. The van der Waals surface area contributed by atoms with Gasteiger partial charge in [0.25, 0.3) is 0 Å². The molecule has 0 aliphatic carbocycles. The maximum atomic E-state index is 11.9. The van der Waals surface area contributed by atoms with Crippen molar-refractivity contribution in [1.29, 1.82) is 0 Å². The van der Waals surface area contributed by atoms with Crippen LogP contribution in [0, 0.1) is 0 Å². The van der Waals surface area contributed by atoms with E-state index < -0.39 is 44.7 Å². The average Bonchev–Trinajstić information content (AvgIpc) is 2.73. The molecule has 2 heterocycles. The smallest absolute Gasteiger partial charge is 0.351 e. The minimum atomic E-state index is -5.26. The molecule has 1 saturated heterocycles. The molecule has 130 valence electrons. The average molecular weight is 349 g/mol. The van der Waals surface area contributed by atoms with Crippen LogP contribution in [-0.4, -0.2) is 44.7 Å². The van der Waals surface area contributed by atoms with Gasteiger partial charge in [-0.3, -0.25) is 4.57 Å². The summed E-state index contributed by atoms with van der Waals surface area (Å²) in [6.45, 7) is 0.996. The van der Waals surface area contributed by atoms with E-state index in [4.69, 9.17) is 10.5 Å². The van der Waals surface area contributed by atoms with Crippen LogP contribution in [0.2, 0.25) is 0 Å². The lowest BCUT2D eigenvalue weighted by Crippen LogP contribution is -2.36. The number of nitrogen functional groups attached to an aromatic ring is 1. The summed E-state index contributed by atoms with van der Waals surface area (Å²) in [5.74, 6) is 0.0420. The summed E-state index contributed by atoms with van der Waals surface area (Å²) in [5.41, 5.74) is 5.30. The predicted molar refractivity (Wildman–Crippen MR) is 71.8 cm³/mol. The van der Waals surface area contributed by atoms with Crippen LogP contribution in [0.25, 0.3) is 0 Å². The maximum absolute atomic E-state index is 11.9. The minimum Gasteiger partial charge on any atom is -0.790 e. The van der Waals surface area contributed by atoms with Crippen molar-refractivity contribution in [2.75, 3.05) is 12.3 Å². The van der Waals surface area contributed by atoms with Crippen molar-refractivity contribution in [2.24, 2.45) is 0 Å². The fraction of sp³-hybridized carbons (Fsp3) is 0.636. The second-order valence-electron chi connectivity index (χ2n) is 4.98. The number of phosphoric acid groups is 1. The van der Waals surface area contributed by atoms with E-state index in [1.165, 1.54) is 6.20 Å². The summed E-state index contributed by atoms with van der Waals surface area (Å²) in [6, 6.07) is 0. The van der Waals surface area contributed by atoms with E-state index in [1.807, 2.05) is 0 Å². The third kappa shape index (κ3) is 3.96. The molecule has 0 saturated carbocycles. The SMILES string of the molecule is CCc1cn([C@@H]2O[C@H](COP(=O)([O-])[O-])[C@@H](O)[C@H]2O)c(=O)nc1N. The number of hydrogen-bond donors (Lipinski definition) is 3. The first-order valence-corrected chi connectivity index (χ1v) is 8.15. The molecule has 0 bridgehead atoms. The summed E-state index contributed by atoms with van der Waals surface area (Å²) in [6.07, 6.45) is -3.93. The number of nitrogens with two attached hydrogens (primary N) is 1. The molecule has 1 fully saturated rings. The molecule has 11 nitrogen and oxygen atoms in total. The Morgan fingerprint density at radius 3 is 2.70 bits per heavy atom. The first kappa shape index (κ1) is 18.0. The lowest BCUT2D eigenvalue weighted by Gasteiger charge is -2.30. The maximum Gasteiger partial charge on any atom is 0.351 e. The highest BCUT2D eigenvalue weighted by molar-refractivity contribution is 7.43. The Morgan fingerprint density at radius 1 is 1.48 bits per heavy atom. The topological polar surface area (TPSA) is 183 Å². The van der Waals surface area contributed by atoms with Gasteiger partial charge in [-0.15, -0.1) is 0 Å². The van der Waals surface area contributed by atoms with E-state index in [-0.39, 0.29) is 5.82 Å². The Balaban J connectivity index is 2.24. The van der Waals surface area contributed by atoms with Crippen LogP contribution in [0.15, 0.2) is 11.0 Å². The van der Waals surface area contributed by atoms with Crippen LogP contribution in [0.4, 0.5) is 5.82 Å². The standard InChI is InChI=1S/C11H18N3O8P/c1-2-5-3-14(11(17)13-9(5)12)10-8(16)7(15)6(22-10)4-21-23(18,19)20/h3,6-8,10,15-16H,2,4H2,1H3,(H2,12,13,17)(H2,18,19,20)/p-2/t6-,7-,8-,10-/m1/s1. The van der Waals surface area contributed by atoms with Gasteiger partial charge in [0.05, 0.1) is 14.4 Å². The van der Waals surface area contributed by atoms with Crippen LogP contribution < -0.4 is 21.2 Å². The van der Waals surface area contributed by atoms with Crippen LogP contribution in [-0.2, 0) is 20.2 Å². The zero-order valence-electron chi connectivity index (χ0n) is 12.1. The Labute approximate surface area is 130 Å². The first-order chi connectivity index (χ1) is 10.6. The highest BCUT2D eigenvalue weighted by atomic mass is 31.2. The lowest BCUT2D eigenvalue weighted by molar-refractivity contribution is -0.343. The number of nitrogens with zero attached hydrogens (tertiary/aromatic N) is 2. The summed E-state index contributed by atoms with van der Waals surface area (Å²) < 4.78 is 20.7. The molecular formula is C11H16N3O8P-2. The summed E-state index contributed by atoms with van der Waals surface area (Å²) >= 11 is 0. The van der Waals surface area contributed by atoms with Crippen molar-refractivity contribution >= 4 is 13.6 Å². The molecule has 1 aliphatic heterocycles. The summed E-state index contributed by atoms with van der Waals surface area (Å²) in [7, 11) is -5.26. The highest BCUT2D eigenvalue weighted by Gasteiger charge is 2.44. The van der Waals surface area contributed by atoms with Crippen molar-refractivity contribution in [3.63, 3.8) is 0 Å². The number of aryl methyl sites for hydroxylation is 1. The zero-order valence-corrected chi connectivity index (χ0v) is 13.0. The Bertz CT molecular complexity index is 674. The van der Waals surface area contributed by atoms with Gasteiger partial charge in [-0.25, -0.2) is 4.79 Å². The van der Waals surface area contributed by atoms with Gasteiger partial charge in [-0.05, 0) is 6.42 Å². The van der Waals surface area contributed by atoms with Crippen molar-refractivity contribution in [3.8, 4) is 0 Å². The molecule has 1 aromatic heterocycles. The largest absolute Gasteiger partial charge is 0.790 e. The number of aromatic nitrogens is 2. The molecule has 0 aromatic carbocycles. The highest BCUT2D eigenvalue weighted by Crippen LogP contribution is 2.32. The Hall–Kier alpha value is -1.33. The fourth-order valence-electron chi connectivity index (χ4n) is 2.24. The molecule has 0 spiro atoms. The van der Waals surface area contributed by atoms with Gasteiger partial charge in [0.2, 0.25) is 0 Å². The fourth-order valence-corrected chi connectivity index (χ4v) is 2.57. The number of aliphatic hydroxyl groups is 2. The molecule has 0 unspecified atom stereocenters. The second-order valence-corrected chi connectivity index (χ2v) is 6.14. The summed E-state index contributed by atoms with van der Waals surface area (Å²) in [5, 5.41) is 19.8. The van der Waals surface area contributed by atoms with Gasteiger partial charge in [-0.1, -0.05) is 6.92 Å². The monoisotopic (exact) mass is 349 g/mol. The van der Waals surface area contributed by atoms with Gasteiger partial charge in [0.1, 0.15) is 24.1 Å². The number of anilines is 1. The minimum absolute atomic E-state index is 0.0420. The summed E-state index contributed by atoms with van der Waals surface area (Å²) in [4.78, 5) is 36.4. The number of hydrogen-bond acceptors (Lipinski definition) is 10. The van der Waals surface area contributed by atoms with Crippen LogP contribution >= 0.6 is 7.82 Å². The van der Waals surface area contributed by atoms with Crippen LogP contribution in [0.3, 0.4) is 0 Å². The molecule has 23 heavy (non-hydrogen) atoms. The molecule has 1 aromatic rings. The predicted octanol–water partition coefficient (Wildman–Crippen LogP) is -3.15. The van der Waals surface area contributed by atoms with Crippen molar-refractivity contribution < 1.29 is 33.8 Å². The molecule has 0 radical (unpaired) electrons. The van der Waals surface area contributed by atoms with Crippen molar-refractivity contribution in [2.45, 2.75) is 37.9 Å². The second kappa shape index (κ2) is 6.65. The van der Waals surface area contributed by atoms with E-state index >= 15 is 0 Å². The van der Waals surface area contributed by atoms with Gasteiger partial charge >= 0.3 is 5.69 Å². The quantitative estimate of drug-likeness (QED) is 0.459. The van der Waals surface area contributed by atoms with E-state index in [9.17, 15) is 29.4 Å². The van der Waals surface area contributed by atoms with Gasteiger partial charge in [0.15, 0.2) is 6.23 Å². The van der Waals surface area contributed by atoms with Gasteiger partial charge in [0, 0.05) is 11.8 Å². The Kier molecular flexibility index (Phi) is 5.21. The normalized spacial score (nSPS) is 28.2. The molecule has 12 heteroatoms. The van der Waals surface area contributed by atoms with Crippen molar-refractivity contribution in [1.82, 2.24) is 9.55 Å². The van der Waals surface area contributed by atoms with E-state index in [0.717, 1.165) is 4.57 Å². The van der Waals surface area contributed by atoms with Crippen molar-refractivity contribution in [3.05, 3.63) is 22.2 Å². The number of rotatable bonds is 5. The van der Waals surface area contributed by atoms with Gasteiger partial charge < -0.3 is 39.6 Å². The molecule has 2 rings (SSSR count). The first-order valence-electron chi connectivity index (χ1n) is 6.69. The van der Waals surface area contributed by atoms with E-state index in [2.05, 4.69) is 9.51 Å². The lowest BCUT2D eigenvalue weighted by atomic mass is 10.1. The molecule has 4 N–H and O–H groups in total. The van der Waals surface area contributed by atoms with Gasteiger partial charge in [-0.2, -0.15) is 4.98 Å². The molecule has 1 aliphatic rings. The number of ether oxygens (including phenoxy) is 1. The number of aliphatic hydroxyl groups excluding tert-OH is 2. The van der Waals surface area contributed by atoms with Crippen LogP contribution in [0.1, 0.15) is 18.7 Å². The van der Waals surface area contributed by atoms with Crippen LogP contribution in [0.5, 0.6) is 0 Å². The third-order valence-corrected chi connectivity index (χ3v) is 3.92. The number of phosphoric ester groups is 1. The zero-order chi connectivity index (χ0) is 17.4. The molecular weight excluding hydrogens is 333 g/mol.